The van der Waals surface area contributed by atoms with Crippen LogP contribution >= 0.6 is 11.3 Å². The maximum Gasteiger partial charge on any atom is 0.0468 e. The number of benzene rings is 8. The van der Waals surface area contributed by atoms with E-state index in [2.05, 4.69) is 181 Å². The lowest BCUT2D eigenvalue weighted by Gasteiger charge is -2.26. The molecule has 1 nitrogen and oxygen atoms in total. The molecule has 46 heavy (non-hydrogen) atoms. The summed E-state index contributed by atoms with van der Waals surface area (Å²) in [4.78, 5) is 2.37. The third-order valence-corrected chi connectivity index (χ3v) is 10.1. The van der Waals surface area contributed by atoms with E-state index >= 15 is 0 Å². The second kappa shape index (κ2) is 11.0. The standard InChI is InChI=1S/C44H29NS/c1-3-13-32(14-4-1)43-39-20-10-8-15-33(39)28-42-44(43)40-29-36(26-27-41(40)46-42)45(34-17-5-2-6-18-34)35-24-22-31(23-25-35)38-21-11-16-30-12-7-9-19-37(30)38/h1-29H. The quantitative estimate of drug-likeness (QED) is 0.189. The number of thiophene rings is 1. The molecule has 2 heteroatoms. The molecule has 0 saturated carbocycles. The van der Waals surface area contributed by atoms with Gasteiger partial charge in [0.1, 0.15) is 0 Å². The van der Waals surface area contributed by atoms with E-state index in [-0.39, 0.29) is 0 Å². The van der Waals surface area contributed by atoms with Gasteiger partial charge in [0.15, 0.2) is 0 Å². The van der Waals surface area contributed by atoms with Crippen molar-refractivity contribution in [2.24, 2.45) is 0 Å². The molecule has 216 valence electrons. The highest BCUT2D eigenvalue weighted by atomic mass is 32.1. The van der Waals surface area contributed by atoms with E-state index in [0.717, 1.165) is 17.1 Å². The van der Waals surface area contributed by atoms with Gasteiger partial charge in [0.2, 0.25) is 0 Å². The monoisotopic (exact) mass is 603 g/mol. The molecule has 0 atom stereocenters. The molecular formula is C44H29NS. The summed E-state index contributed by atoms with van der Waals surface area (Å²) >= 11 is 1.88. The lowest BCUT2D eigenvalue weighted by molar-refractivity contribution is 1.29. The molecular weight excluding hydrogens is 575 g/mol. The number of hydrogen-bond donors (Lipinski definition) is 0. The molecule has 0 N–H and O–H groups in total. The van der Waals surface area contributed by atoms with Gasteiger partial charge >= 0.3 is 0 Å². The molecule has 0 spiro atoms. The van der Waals surface area contributed by atoms with Crippen molar-refractivity contribution >= 4 is 70.1 Å². The summed E-state index contributed by atoms with van der Waals surface area (Å²) in [6, 6.07) is 63.8. The first kappa shape index (κ1) is 26.7. The summed E-state index contributed by atoms with van der Waals surface area (Å²) in [5.41, 5.74) is 8.43. The number of para-hydroxylation sites is 1. The Balaban J connectivity index is 1.24. The lowest BCUT2D eigenvalue weighted by atomic mass is 9.93. The Morgan fingerprint density at radius 3 is 1.80 bits per heavy atom. The highest BCUT2D eigenvalue weighted by Gasteiger charge is 2.18. The van der Waals surface area contributed by atoms with Gasteiger partial charge < -0.3 is 4.90 Å². The third kappa shape index (κ3) is 4.46. The molecule has 9 rings (SSSR count). The van der Waals surface area contributed by atoms with E-state index in [1.807, 2.05) is 11.3 Å². The molecule has 0 radical (unpaired) electrons. The number of rotatable bonds is 5. The van der Waals surface area contributed by atoms with E-state index in [1.165, 1.54) is 64.0 Å². The van der Waals surface area contributed by atoms with Crippen molar-refractivity contribution in [1.29, 1.82) is 0 Å². The minimum absolute atomic E-state index is 1.13. The van der Waals surface area contributed by atoms with Crippen LogP contribution in [0.25, 0.3) is 64.0 Å². The molecule has 0 saturated heterocycles. The molecule has 0 unspecified atom stereocenters. The van der Waals surface area contributed by atoms with Crippen LogP contribution in [0.3, 0.4) is 0 Å². The molecule has 0 aliphatic rings. The predicted molar refractivity (Wildman–Crippen MR) is 200 cm³/mol. The van der Waals surface area contributed by atoms with Crippen LogP contribution < -0.4 is 4.90 Å². The SMILES string of the molecule is c1ccc(-c2c3ccccc3cc3sc4ccc(N(c5ccccc5)c5ccc(-c6cccc7ccccc67)cc5)cc4c23)cc1. The average Bonchev–Trinajstić information content (AvgIpc) is 3.49. The molecule has 0 fully saturated rings. The summed E-state index contributed by atoms with van der Waals surface area (Å²) < 4.78 is 2.61. The van der Waals surface area contributed by atoms with Crippen molar-refractivity contribution in [3.05, 3.63) is 176 Å². The lowest BCUT2D eigenvalue weighted by Crippen LogP contribution is -2.09. The average molecular weight is 604 g/mol. The third-order valence-electron chi connectivity index (χ3n) is 9.03. The maximum absolute atomic E-state index is 2.39. The zero-order chi connectivity index (χ0) is 30.5. The summed E-state index contributed by atoms with van der Waals surface area (Å²) in [5, 5.41) is 7.71. The van der Waals surface area contributed by atoms with Crippen LogP contribution in [0.4, 0.5) is 17.1 Å². The first-order valence-electron chi connectivity index (χ1n) is 15.7. The van der Waals surface area contributed by atoms with E-state index in [1.54, 1.807) is 0 Å². The Morgan fingerprint density at radius 1 is 0.370 bits per heavy atom. The van der Waals surface area contributed by atoms with Gasteiger partial charge in [-0.05, 0) is 92.3 Å². The van der Waals surface area contributed by atoms with Gasteiger partial charge in [-0.15, -0.1) is 11.3 Å². The summed E-state index contributed by atoms with van der Waals surface area (Å²) in [5.74, 6) is 0. The first-order valence-corrected chi connectivity index (χ1v) is 16.5. The minimum atomic E-state index is 1.13. The van der Waals surface area contributed by atoms with Gasteiger partial charge in [-0.2, -0.15) is 0 Å². The van der Waals surface area contributed by atoms with E-state index in [4.69, 9.17) is 0 Å². The minimum Gasteiger partial charge on any atom is -0.310 e. The van der Waals surface area contributed by atoms with Crippen LogP contribution in [0.2, 0.25) is 0 Å². The van der Waals surface area contributed by atoms with Crippen LogP contribution in [-0.4, -0.2) is 0 Å². The normalized spacial score (nSPS) is 11.5. The second-order valence-corrected chi connectivity index (χ2v) is 12.8. The summed E-state index contributed by atoms with van der Waals surface area (Å²) in [7, 11) is 0. The fourth-order valence-corrected chi connectivity index (χ4v) is 8.07. The Morgan fingerprint density at radius 2 is 1.00 bits per heavy atom. The van der Waals surface area contributed by atoms with Gasteiger partial charge in [-0.1, -0.05) is 127 Å². The van der Waals surface area contributed by atoms with Crippen molar-refractivity contribution in [2.75, 3.05) is 4.90 Å². The second-order valence-electron chi connectivity index (χ2n) is 11.7. The van der Waals surface area contributed by atoms with Gasteiger partial charge in [0.25, 0.3) is 0 Å². The molecule has 0 bridgehead atoms. The molecule has 0 amide bonds. The van der Waals surface area contributed by atoms with Gasteiger partial charge in [-0.3, -0.25) is 0 Å². The van der Waals surface area contributed by atoms with Gasteiger partial charge in [-0.25, -0.2) is 0 Å². The van der Waals surface area contributed by atoms with E-state index in [0.29, 0.717) is 0 Å². The van der Waals surface area contributed by atoms with Crippen molar-refractivity contribution in [3.8, 4) is 22.3 Å². The Kier molecular flexibility index (Phi) is 6.40. The molecule has 1 heterocycles. The van der Waals surface area contributed by atoms with Crippen molar-refractivity contribution in [2.45, 2.75) is 0 Å². The van der Waals surface area contributed by atoms with E-state index in [9.17, 15) is 0 Å². The number of nitrogens with zero attached hydrogens (tertiary/aromatic N) is 1. The highest BCUT2D eigenvalue weighted by molar-refractivity contribution is 7.26. The first-order chi connectivity index (χ1) is 22.8. The zero-order valence-electron chi connectivity index (χ0n) is 25.1. The highest BCUT2D eigenvalue weighted by Crippen LogP contribution is 2.46. The van der Waals surface area contributed by atoms with Crippen molar-refractivity contribution in [1.82, 2.24) is 0 Å². The zero-order valence-corrected chi connectivity index (χ0v) is 25.9. The Hall–Kier alpha value is -5.70. The van der Waals surface area contributed by atoms with E-state index < -0.39 is 0 Å². The topological polar surface area (TPSA) is 3.24 Å². The largest absolute Gasteiger partial charge is 0.310 e. The molecule has 0 aliphatic heterocycles. The molecule has 1 aromatic heterocycles. The van der Waals surface area contributed by atoms with Crippen LogP contribution in [-0.2, 0) is 0 Å². The van der Waals surface area contributed by atoms with Gasteiger partial charge in [0.05, 0.1) is 0 Å². The molecule has 8 aromatic carbocycles. The Bertz CT molecular complexity index is 2510. The molecule has 0 aliphatic carbocycles. The number of hydrogen-bond acceptors (Lipinski definition) is 2. The van der Waals surface area contributed by atoms with Crippen molar-refractivity contribution in [3.63, 3.8) is 0 Å². The molecule has 9 aromatic rings. The summed E-state index contributed by atoms with van der Waals surface area (Å²) in [6.07, 6.45) is 0. The smallest absolute Gasteiger partial charge is 0.0468 e. The Labute approximate surface area is 272 Å². The fraction of sp³-hybridized carbons (Fsp3) is 0. The van der Waals surface area contributed by atoms with Crippen molar-refractivity contribution < 1.29 is 0 Å². The fourth-order valence-electron chi connectivity index (χ4n) is 6.93. The summed E-state index contributed by atoms with van der Waals surface area (Å²) in [6.45, 7) is 0. The van der Waals surface area contributed by atoms with Crippen LogP contribution in [0.5, 0.6) is 0 Å². The van der Waals surface area contributed by atoms with Crippen LogP contribution in [0.1, 0.15) is 0 Å². The maximum atomic E-state index is 2.39. The predicted octanol–water partition coefficient (Wildman–Crippen LogP) is 13.2. The number of anilines is 3. The van der Waals surface area contributed by atoms with Crippen LogP contribution in [0, 0.1) is 0 Å². The number of fused-ring (bicyclic) bond motifs is 5. The van der Waals surface area contributed by atoms with Crippen LogP contribution in [0.15, 0.2) is 176 Å². The van der Waals surface area contributed by atoms with Gasteiger partial charge in [0, 0.05) is 37.2 Å².